The van der Waals surface area contributed by atoms with Crippen molar-refractivity contribution in [3.63, 3.8) is 0 Å². The van der Waals surface area contributed by atoms with Crippen LogP contribution in [0.3, 0.4) is 0 Å². The van der Waals surface area contributed by atoms with Crippen molar-refractivity contribution in [3.05, 3.63) is 72.8 Å². The van der Waals surface area contributed by atoms with Gasteiger partial charge in [0.1, 0.15) is 18.7 Å². The third kappa shape index (κ3) is 3.38. The van der Waals surface area contributed by atoms with Crippen LogP contribution >= 0.6 is 0 Å². The highest BCUT2D eigenvalue weighted by atomic mass is 16.2. The SMILES string of the molecule is O=C1C(Nc2cccc(Cn3cnnc3)c2)CCN1c1ccccc1. The predicted molar refractivity (Wildman–Crippen MR) is 96.4 cm³/mol. The van der Waals surface area contributed by atoms with E-state index in [2.05, 4.69) is 27.6 Å². The lowest BCUT2D eigenvalue weighted by Gasteiger charge is -2.18. The minimum absolute atomic E-state index is 0.121. The molecule has 0 aliphatic carbocycles. The number of nitrogens with zero attached hydrogens (tertiary/aromatic N) is 4. The fourth-order valence-electron chi connectivity index (χ4n) is 3.15. The van der Waals surface area contributed by atoms with E-state index in [9.17, 15) is 4.79 Å². The second kappa shape index (κ2) is 6.76. The van der Waals surface area contributed by atoms with Crippen molar-refractivity contribution in [1.29, 1.82) is 0 Å². The molecule has 1 amide bonds. The Morgan fingerprint density at radius 3 is 2.64 bits per heavy atom. The van der Waals surface area contributed by atoms with E-state index in [1.807, 2.05) is 51.9 Å². The Balaban J connectivity index is 1.45. The normalized spacial score (nSPS) is 17.0. The lowest BCUT2D eigenvalue weighted by molar-refractivity contribution is -0.117. The van der Waals surface area contributed by atoms with Gasteiger partial charge in [0.05, 0.1) is 6.54 Å². The van der Waals surface area contributed by atoms with Crippen molar-refractivity contribution in [2.45, 2.75) is 19.0 Å². The molecule has 6 heteroatoms. The van der Waals surface area contributed by atoms with Gasteiger partial charge in [0.25, 0.3) is 0 Å². The van der Waals surface area contributed by atoms with Crippen LogP contribution in [-0.2, 0) is 11.3 Å². The topological polar surface area (TPSA) is 63.1 Å². The molecule has 1 fully saturated rings. The van der Waals surface area contributed by atoms with Crippen LogP contribution in [0.4, 0.5) is 11.4 Å². The molecule has 0 radical (unpaired) electrons. The number of benzene rings is 2. The van der Waals surface area contributed by atoms with Gasteiger partial charge in [-0.1, -0.05) is 30.3 Å². The lowest BCUT2D eigenvalue weighted by Crippen LogP contribution is -2.33. The number of rotatable bonds is 5. The maximum Gasteiger partial charge on any atom is 0.249 e. The molecule has 1 unspecified atom stereocenters. The maximum absolute atomic E-state index is 12.7. The summed E-state index contributed by atoms with van der Waals surface area (Å²) < 4.78 is 1.91. The Labute approximate surface area is 146 Å². The molecule has 2 heterocycles. The molecule has 0 bridgehead atoms. The van der Waals surface area contributed by atoms with E-state index in [0.29, 0.717) is 6.54 Å². The summed E-state index contributed by atoms with van der Waals surface area (Å²) in [7, 11) is 0. The van der Waals surface area contributed by atoms with Gasteiger partial charge in [-0.05, 0) is 36.2 Å². The number of nitrogens with one attached hydrogen (secondary N) is 1. The van der Waals surface area contributed by atoms with E-state index in [-0.39, 0.29) is 11.9 Å². The summed E-state index contributed by atoms with van der Waals surface area (Å²) in [5, 5.41) is 11.0. The zero-order chi connectivity index (χ0) is 17.1. The molecule has 126 valence electrons. The van der Waals surface area contributed by atoms with Crippen molar-refractivity contribution in [2.75, 3.05) is 16.8 Å². The standard InChI is InChI=1S/C19H19N5O/c25-19-18(9-10-24(19)17-7-2-1-3-8-17)22-16-6-4-5-15(11-16)12-23-13-20-21-14-23/h1-8,11,13-14,18,22H,9-10,12H2. The van der Waals surface area contributed by atoms with Crippen LogP contribution in [-0.4, -0.2) is 33.3 Å². The van der Waals surface area contributed by atoms with Gasteiger partial charge in [-0.2, -0.15) is 0 Å². The first-order valence-electron chi connectivity index (χ1n) is 8.34. The molecule has 0 saturated carbocycles. The van der Waals surface area contributed by atoms with Crippen LogP contribution in [0.5, 0.6) is 0 Å². The summed E-state index contributed by atoms with van der Waals surface area (Å²) in [6.07, 6.45) is 4.18. The zero-order valence-electron chi connectivity index (χ0n) is 13.7. The van der Waals surface area contributed by atoms with Gasteiger partial charge >= 0.3 is 0 Å². The van der Waals surface area contributed by atoms with E-state index >= 15 is 0 Å². The van der Waals surface area contributed by atoms with E-state index < -0.39 is 0 Å². The fourth-order valence-corrected chi connectivity index (χ4v) is 3.15. The van der Waals surface area contributed by atoms with Crippen LogP contribution in [0.2, 0.25) is 0 Å². The van der Waals surface area contributed by atoms with Crippen LogP contribution in [0, 0.1) is 0 Å². The molecule has 25 heavy (non-hydrogen) atoms. The van der Waals surface area contributed by atoms with E-state index in [0.717, 1.165) is 29.9 Å². The molecule has 1 atom stereocenters. The second-order valence-corrected chi connectivity index (χ2v) is 6.15. The summed E-state index contributed by atoms with van der Waals surface area (Å²) in [4.78, 5) is 14.5. The summed E-state index contributed by atoms with van der Waals surface area (Å²) in [6, 6.07) is 17.7. The van der Waals surface area contributed by atoms with Gasteiger partial charge < -0.3 is 14.8 Å². The van der Waals surface area contributed by atoms with Crippen molar-refractivity contribution < 1.29 is 4.79 Å². The van der Waals surface area contributed by atoms with Crippen LogP contribution in [0.1, 0.15) is 12.0 Å². The average Bonchev–Trinajstić information content (AvgIpc) is 3.27. The third-order valence-electron chi connectivity index (χ3n) is 4.37. The Morgan fingerprint density at radius 2 is 1.84 bits per heavy atom. The Bertz CT molecular complexity index is 847. The number of hydrogen-bond acceptors (Lipinski definition) is 4. The molecule has 1 aliphatic rings. The molecule has 2 aromatic carbocycles. The van der Waals surface area contributed by atoms with Gasteiger partial charge in [-0.15, -0.1) is 10.2 Å². The molecule has 1 aromatic heterocycles. The van der Waals surface area contributed by atoms with Crippen LogP contribution in [0.25, 0.3) is 0 Å². The predicted octanol–water partition coefficient (Wildman–Crippen LogP) is 2.54. The first-order chi connectivity index (χ1) is 12.3. The van der Waals surface area contributed by atoms with Crippen molar-refractivity contribution >= 4 is 17.3 Å². The minimum atomic E-state index is -0.189. The first-order valence-corrected chi connectivity index (χ1v) is 8.34. The average molecular weight is 333 g/mol. The Kier molecular flexibility index (Phi) is 4.16. The monoisotopic (exact) mass is 333 g/mol. The van der Waals surface area contributed by atoms with Gasteiger partial charge in [-0.3, -0.25) is 4.79 Å². The van der Waals surface area contributed by atoms with Crippen molar-refractivity contribution in [2.24, 2.45) is 0 Å². The van der Waals surface area contributed by atoms with E-state index in [1.165, 1.54) is 0 Å². The minimum Gasteiger partial charge on any atom is -0.374 e. The number of para-hydroxylation sites is 1. The number of carbonyl (C=O) groups excluding carboxylic acids is 1. The maximum atomic E-state index is 12.7. The second-order valence-electron chi connectivity index (χ2n) is 6.15. The third-order valence-corrected chi connectivity index (χ3v) is 4.37. The summed E-state index contributed by atoms with van der Waals surface area (Å²) in [5.41, 5.74) is 3.05. The molecular formula is C19H19N5O. The molecule has 1 aliphatic heterocycles. The van der Waals surface area contributed by atoms with Crippen molar-refractivity contribution in [3.8, 4) is 0 Å². The summed E-state index contributed by atoms with van der Waals surface area (Å²) in [6.45, 7) is 1.44. The molecule has 3 aromatic rings. The van der Waals surface area contributed by atoms with Crippen molar-refractivity contribution in [1.82, 2.24) is 14.8 Å². The molecule has 1 saturated heterocycles. The molecular weight excluding hydrogens is 314 g/mol. The van der Waals surface area contributed by atoms with Crippen LogP contribution in [0.15, 0.2) is 67.3 Å². The lowest BCUT2D eigenvalue weighted by atomic mass is 10.1. The Morgan fingerprint density at radius 1 is 1.04 bits per heavy atom. The smallest absolute Gasteiger partial charge is 0.249 e. The quantitative estimate of drug-likeness (QED) is 0.779. The molecule has 1 N–H and O–H groups in total. The highest BCUT2D eigenvalue weighted by molar-refractivity contribution is 6.01. The van der Waals surface area contributed by atoms with E-state index in [1.54, 1.807) is 12.7 Å². The van der Waals surface area contributed by atoms with Gasteiger partial charge in [-0.25, -0.2) is 0 Å². The summed E-state index contributed by atoms with van der Waals surface area (Å²) >= 11 is 0. The van der Waals surface area contributed by atoms with Gasteiger partial charge in [0.2, 0.25) is 5.91 Å². The highest BCUT2D eigenvalue weighted by Gasteiger charge is 2.32. The van der Waals surface area contributed by atoms with Gasteiger partial charge in [0, 0.05) is 17.9 Å². The van der Waals surface area contributed by atoms with Gasteiger partial charge in [0.15, 0.2) is 0 Å². The largest absolute Gasteiger partial charge is 0.374 e. The number of anilines is 2. The fraction of sp³-hybridized carbons (Fsp3) is 0.211. The Hall–Kier alpha value is -3.15. The summed E-state index contributed by atoms with van der Waals surface area (Å²) in [5.74, 6) is 0.121. The highest BCUT2D eigenvalue weighted by Crippen LogP contribution is 2.24. The molecule has 0 spiro atoms. The number of amides is 1. The molecule has 4 rings (SSSR count). The number of carbonyl (C=O) groups is 1. The first kappa shape index (κ1) is 15.4. The van der Waals surface area contributed by atoms with E-state index in [4.69, 9.17) is 0 Å². The van der Waals surface area contributed by atoms with Crippen LogP contribution < -0.4 is 10.2 Å². The number of hydrogen-bond donors (Lipinski definition) is 1. The number of aromatic nitrogens is 3. The zero-order valence-corrected chi connectivity index (χ0v) is 13.7. The molecule has 6 nitrogen and oxygen atoms in total.